The second-order valence-electron chi connectivity index (χ2n) is 9.73. The number of hydrogen-bond acceptors (Lipinski definition) is 7. The van der Waals surface area contributed by atoms with Crippen molar-refractivity contribution < 1.29 is 9.21 Å². The summed E-state index contributed by atoms with van der Waals surface area (Å²) in [6, 6.07) is 6.01. The number of carbonyl (C=O) groups excluding carboxylic acids is 1. The van der Waals surface area contributed by atoms with Gasteiger partial charge in [-0.25, -0.2) is 5.10 Å². The van der Waals surface area contributed by atoms with E-state index in [1.807, 2.05) is 60.6 Å². The highest BCUT2D eigenvalue weighted by molar-refractivity contribution is 6.01. The molecule has 10 nitrogen and oxygen atoms in total. The van der Waals surface area contributed by atoms with Crippen LogP contribution in [0, 0.1) is 13.8 Å². The van der Waals surface area contributed by atoms with Crippen LogP contribution in [0.2, 0.25) is 0 Å². The second-order valence-corrected chi connectivity index (χ2v) is 9.73. The number of aromatic nitrogens is 4. The molecule has 10 heteroatoms. The summed E-state index contributed by atoms with van der Waals surface area (Å²) in [7, 11) is 3.92. The van der Waals surface area contributed by atoms with Crippen molar-refractivity contribution in [2.24, 2.45) is 0 Å². The molecule has 1 aliphatic heterocycles. The smallest absolute Gasteiger partial charge is 0.292 e. The largest absolute Gasteiger partial charge is 0.454 e. The molecule has 0 unspecified atom stereocenters. The maximum Gasteiger partial charge on any atom is 0.292 e. The second kappa shape index (κ2) is 9.27. The average Bonchev–Trinajstić information content (AvgIpc) is 3.40. The van der Waals surface area contributed by atoms with Gasteiger partial charge in [0.2, 0.25) is 5.91 Å². The zero-order valence-corrected chi connectivity index (χ0v) is 21.0. The minimum absolute atomic E-state index is 0.00883. The van der Waals surface area contributed by atoms with Crippen molar-refractivity contribution in [2.75, 3.05) is 39.5 Å². The molecule has 1 aromatic carbocycles. The van der Waals surface area contributed by atoms with E-state index in [2.05, 4.69) is 16.3 Å². The molecule has 5 rings (SSSR count). The van der Waals surface area contributed by atoms with E-state index in [4.69, 9.17) is 15.2 Å². The van der Waals surface area contributed by atoms with Gasteiger partial charge in [0.15, 0.2) is 17.1 Å². The monoisotopic (exact) mass is 489 g/mol. The van der Waals surface area contributed by atoms with E-state index in [9.17, 15) is 9.59 Å². The van der Waals surface area contributed by atoms with Crippen molar-refractivity contribution in [1.82, 2.24) is 29.8 Å². The summed E-state index contributed by atoms with van der Waals surface area (Å²) in [6.07, 6.45) is 4.90. The fourth-order valence-corrected chi connectivity index (χ4v) is 4.90. The molecular formula is C26H31N7O3. The molecule has 0 atom stereocenters. The van der Waals surface area contributed by atoms with Gasteiger partial charge < -0.3 is 20.0 Å². The Balaban J connectivity index is 1.54. The molecule has 1 saturated heterocycles. The molecule has 4 heterocycles. The summed E-state index contributed by atoms with van der Waals surface area (Å²) in [5, 5.41) is 12.6. The molecule has 0 aliphatic carbocycles. The number of anilines is 1. The van der Waals surface area contributed by atoms with Crippen molar-refractivity contribution in [3.8, 4) is 11.5 Å². The van der Waals surface area contributed by atoms with Gasteiger partial charge in [0.1, 0.15) is 11.3 Å². The van der Waals surface area contributed by atoms with Crippen molar-refractivity contribution in [1.29, 1.82) is 0 Å². The first-order chi connectivity index (χ1) is 17.2. The normalized spacial score (nSPS) is 15.2. The third-order valence-electron chi connectivity index (χ3n) is 6.82. The highest BCUT2D eigenvalue weighted by Gasteiger charge is 2.30. The fraction of sp³-hybridized carbons (Fsp3) is 0.385. The molecule has 1 fully saturated rings. The van der Waals surface area contributed by atoms with Crippen LogP contribution in [0.5, 0.6) is 0 Å². The Morgan fingerprint density at radius 3 is 2.75 bits per heavy atom. The molecule has 0 bridgehead atoms. The molecule has 3 N–H and O–H groups in total. The number of fused-ring (bicyclic) bond motifs is 2. The first-order valence-electron chi connectivity index (χ1n) is 12.1. The predicted octanol–water partition coefficient (Wildman–Crippen LogP) is 3.01. The summed E-state index contributed by atoms with van der Waals surface area (Å²) < 4.78 is 8.18. The van der Waals surface area contributed by atoms with E-state index in [0.29, 0.717) is 49.3 Å². The maximum atomic E-state index is 12.7. The number of carbonyl (C=O) groups is 1. The topological polar surface area (TPSA) is 126 Å². The van der Waals surface area contributed by atoms with Gasteiger partial charge in [0, 0.05) is 36.7 Å². The lowest BCUT2D eigenvalue weighted by Gasteiger charge is -2.32. The number of rotatable bonds is 5. The summed E-state index contributed by atoms with van der Waals surface area (Å²) in [4.78, 5) is 29.1. The number of likely N-dealkylation sites (N-methyl/N-ethyl adjacent to an activating group) is 1. The fourth-order valence-electron chi connectivity index (χ4n) is 4.90. The molecule has 0 spiro atoms. The number of benzene rings is 1. The summed E-state index contributed by atoms with van der Waals surface area (Å²) in [5.41, 5.74) is 9.60. The van der Waals surface area contributed by atoms with Crippen molar-refractivity contribution in [2.45, 2.75) is 32.7 Å². The molecule has 0 saturated carbocycles. The first-order valence-corrected chi connectivity index (χ1v) is 12.1. The number of nitrogens with one attached hydrogen (secondary N) is 1. The minimum Gasteiger partial charge on any atom is -0.454 e. The molecule has 3 aromatic heterocycles. The van der Waals surface area contributed by atoms with E-state index >= 15 is 0 Å². The molecule has 188 valence electrons. The van der Waals surface area contributed by atoms with Gasteiger partial charge in [-0.3, -0.25) is 14.3 Å². The number of aryl methyl sites for hydroxylation is 2. The number of hydrogen-bond donors (Lipinski definition) is 2. The Hall–Kier alpha value is -3.92. The molecule has 1 amide bonds. The minimum atomic E-state index is -0.401. The summed E-state index contributed by atoms with van der Waals surface area (Å²) in [5.74, 6) is 0.831. The summed E-state index contributed by atoms with van der Waals surface area (Å²) >= 11 is 0. The number of nitrogen functional groups attached to an aromatic ring is 1. The van der Waals surface area contributed by atoms with Crippen molar-refractivity contribution in [3.63, 3.8) is 0 Å². The lowest BCUT2D eigenvalue weighted by atomic mass is 10.0. The zero-order chi connectivity index (χ0) is 25.6. The van der Waals surface area contributed by atoms with E-state index in [1.54, 1.807) is 6.08 Å². The number of furan rings is 1. The van der Waals surface area contributed by atoms with E-state index < -0.39 is 5.56 Å². The van der Waals surface area contributed by atoms with Crippen LogP contribution < -0.4 is 11.3 Å². The Morgan fingerprint density at radius 2 is 2.03 bits per heavy atom. The number of nitrogens with zero attached hydrogens (tertiary/aromatic N) is 5. The van der Waals surface area contributed by atoms with Crippen LogP contribution in [0.25, 0.3) is 33.3 Å². The van der Waals surface area contributed by atoms with Crippen LogP contribution in [-0.2, 0) is 4.79 Å². The highest BCUT2D eigenvalue weighted by atomic mass is 16.3. The number of H-pyrrole nitrogens is 1. The van der Waals surface area contributed by atoms with Gasteiger partial charge in [-0.2, -0.15) is 10.2 Å². The van der Waals surface area contributed by atoms with Gasteiger partial charge in [0.05, 0.1) is 11.4 Å². The standard InChI is InChI=1S/C26H31N7O3/c1-15-7-8-19-18(14-15)16(2)24(36-19)23-21-22(26(35)29-28-25(21)27)30-33(23)17-9-12-32(13-10-17)20(34)6-5-11-31(3)4/h5-8,14,17H,9-13H2,1-4H3,(H2,27,28)(H,29,35)/b6-5+. The molecule has 1 aliphatic rings. The number of likely N-dealkylation sites (tertiary alicyclic amines) is 1. The number of amides is 1. The predicted molar refractivity (Wildman–Crippen MR) is 140 cm³/mol. The Bertz CT molecular complexity index is 1530. The Labute approximate surface area is 208 Å². The van der Waals surface area contributed by atoms with Crippen molar-refractivity contribution in [3.05, 3.63) is 51.8 Å². The lowest BCUT2D eigenvalue weighted by Crippen LogP contribution is -2.38. The van der Waals surface area contributed by atoms with Crippen molar-refractivity contribution >= 4 is 33.6 Å². The van der Waals surface area contributed by atoms with E-state index in [1.165, 1.54) is 0 Å². The van der Waals surface area contributed by atoms with E-state index in [0.717, 1.165) is 22.1 Å². The quantitative estimate of drug-likeness (QED) is 0.413. The SMILES string of the molecule is Cc1ccc2oc(-c3c4c(N)n[nH]c(=O)c4nn3C3CCN(C(=O)/C=C/CN(C)C)CC3)c(C)c2c1. The molecular weight excluding hydrogens is 458 g/mol. The van der Waals surface area contributed by atoms with Crippen LogP contribution in [0.1, 0.15) is 30.0 Å². The van der Waals surface area contributed by atoms with Crippen LogP contribution in [-0.4, -0.2) is 69.4 Å². The number of piperidine rings is 1. The van der Waals surface area contributed by atoms with Gasteiger partial charge in [-0.15, -0.1) is 0 Å². The average molecular weight is 490 g/mol. The van der Waals surface area contributed by atoms with Crippen LogP contribution in [0.15, 0.2) is 39.6 Å². The van der Waals surface area contributed by atoms with Crippen LogP contribution in [0.4, 0.5) is 5.82 Å². The number of nitrogens with two attached hydrogens (primary N) is 1. The van der Waals surface area contributed by atoms with Gasteiger partial charge >= 0.3 is 0 Å². The molecule has 4 aromatic rings. The van der Waals surface area contributed by atoms with Gasteiger partial charge in [0.25, 0.3) is 5.56 Å². The molecule has 36 heavy (non-hydrogen) atoms. The first kappa shape index (κ1) is 23.8. The van der Waals surface area contributed by atoms with Gasteiger partial charge in [-0.1, -0.05) is 17.7 Å². The lowest BCUT2D eigenvalue weighted by molar-refractivity contribution is -0.127. The maximum absolute atomic E-state index is 12.7. The third-order valence-corrected chi connectivity index (χ3v) is 6.82. The van der Waals surface area contributed by atoms with E-state index in [-0.39, 0.29) is 23.3 Å². The summed E-state index contributed by atoms with van der Waals surface area (Å²) in [6.45, 7) is 5.94. The van der Waals surface area contributed by atoms with Crippen LogP contribution in [0.3, 0.4) is 0 Å². The Morgan fingerprint density at radius 1 is 1.28 bits per heavy atom. The molecule has 0 radical (unpaired) electrons. The zero-order valence-electron chi connectivity index (χ0n) is 21.0. The Kier molecular flexibility index (Phi) is 6.13. The number of aromatic amines is 1. The van der Waals surface area contributed by atoms with Crippen LogP contribution >= 0.6 is 0 Å². The highest BCUT2D eigenvalue weighted by Crippen LogP contribution is 2.40. The van der Waals surface area contributed by atoms with Gasteiger partial charge in [-0.05, 0) is 52.9 Å². The third kappa shape index (κ3) is 4.17.